The zero-order chi connectivity index (χ0) is 21.5. The number of likely N-dealkylation sites (tertiary alicyclic amines) is 1. The molecule has 2 atom stereocenters. The maximum Gasteiger partial charge on any atom is 0.159 e. The molecular weight excluding hydrogens is 386 g/mol. The maximum atomic E-state index is 11.5. The van der Waals surface area contributed by atoms with Crippen LogP contribution in [0.2, 0.25) is 0 Å². The summed E-state index contributed by atoms with van der Waals surface area (Å²) in [5.41, 5.74) is 2.12. The van der Waals surface area contributed by atoms with Gasteiger partial charge in [0, 0.05) is 57.5 Å². The number of fused-ring (bicyclic) bond motifs is 1. The van der Waals surface area contributed by atoms with Crippen molar-refractivity contribution in [2.45, 2.75) is 58.0 Å². The molecule has 5 heteroatoms. The first kappa shape index (κ1) is 22.9. The number of hydrogen-bond acceptors (Lipinski definition) is 5. The average molecular weight is 428 g/mol. The molecule has 31 heavy (non-hydrogen) atoms. The third-order valence-electron chi connectivity index (χ3n) is 7.42. The topological polar surface area (TPSA) is 36.0 Å². The Morgan fingerprint density at radius 2 is 1.77 bits per heavy atom. The van der Waals surface area contributed by atoms with Gasteiger partial charge in [0.05, 0.1) is 6.61 Å². The Morgan fingerprint density at radius 1 is 0.968 bits per heavy atom. The number of ether oxygens (including phenoxy) is 1. The van der Waals surface area contributed by atoms with E-state index in [-0.39, 0.29) is 5.78 Å². The summed E-state index contributed by atoms with van der Waals surface area (Å²) < 4.78 is 6.08. The van der Waals surface area contributed by atoms with Crippen molar-refractivity contribution in [3.05, 3.63) is 35.4 Å². The summed E-state index contributed by atoms with van der Waals surface area (Å²) in [4.78, 5) is 19.4. The fourth-order valence-electron chi connectivity index (χ4n) is 5.53. The van der Waals surface area contributed by atoms with Crippen LogP contribution in [0.4, 0.5) is 0 Å². The Hall–Kier alpha value is -1.27. The highest BCUT2D eigenvalue weighted by Gasteiger charge is 2.32. The van der Waals surface area contributed by atoms with Crippen molar-refractivity contribution in [3.8, 4) is 0 Å². The van der Waals surface area contributed by atoms with Crippen molar-refractivity contribution in [2.75, 3.05) is 59.0 Å². The first-order valence-corrected chi connectivity index (χ1v) is 12.5. The summed E-state index contributed by atoms with van der Waals surface area (Å²) in [5, 5.41) is 0. The van der Waals surface area contributed by atoms with Crippen LogP contribution in [-0.2, 0) is 11.3 Å². The van der Waals surface area contributed by atoms with Crippen LogP contribution in [0.1, 0.15) is 61.4 Å². The summed E-state index contributed by atoms with van der Waals surface area (Å²) in [6.07, 6.45) is 7.95. The predicted octanol–water partition coefficient (Wildman–Crippen LogP) is 3.68. The maximum absolute atomic E-state index is 11.5. The van der Waals surface area contributed by atoms with Crippen molar-refractivity contribution in [2.24, 2.45) is 5.92 Å². The van der Waals surface area contributed by atoms with E-state index in [1.807, 2.05) is 12.1 Å². The Balaban J connectivity index is 1.12. The molecule has 1 aromatic rings. The van der Waals surface area contributed by atoms with Gasteiger partial charge in [-0.05, 0) is 63.6 Å². The second-order valence-electron chi connectivity index (χ2n) is 9.91. The van der Waals surface area contributed by atoms with Gasteiger partial charge >= 0.3 is 0 Å². The normalized spacial score (nSPS) is 26.0. The van der Waals surface area contributed by atoms with E-state index in [0.717, 1.165) is 38.4 Å². The molecule has 4 rings (SSSR count). The van der Waals surface area contributed by atoms with Gasteiger partial charge < -0.3 is 9.64 Å². The number of rotatable bonds is 9. The molecule has 0 saturated carbocycles. The highest BCUT2D eigenvalue weighted by atomic mass is 16.5. The van der Waals surface area contributed by atoms with Gasteiger partial charge in [-0.15, -0.1) is 0 Å². The van der Waals surface area contributed by atoms with Gasteiger partial charge in [0.15, 0.2) is 5.78 Å². The standard InChI is InChI=1S/C26H41N3O2/c1-22(30)25-9-6-23(7-10-25)18-28-15-16-29-19-24(8-11-26(29)20-28)21-31-17-5-14-27-12-3-2-4-13-27/h6-7,9-10,24,26H,2-5,8,11-21H2,1H3. The molecule has 0 amide bonds. The van der Waals surface area contributed by atoms with Crippen LogP contribution in [0.25, 0.3) is 0 Å². The second kappa shape index (κ2) is 11.6. The predicted molar refractivity (Wildman–Crippen MR) is 126 cm³/mol. The summed E-state index contributed by atoms with van der Waals surface area (Å²) in [7, 11) is 0. The van der Waals surface area contributed by atoms with Crippen molar-refractivity contribution >= 4 is 5.78 Å². The third-order valence-corrected chi connectivity index (χ3v) is 7.42. The molecule has 172 valence electrons. The zero-order valence-electron chi connectivity index (χ0n) is 19.4. The molecule has 5 nitrogen and oxygen atoms in total. The molecule has 1 aromatic carbocycles. The lowest BCUT2D eigenvalue weighted by atomic mass is 9.91. The van der Waals surface area contributed by atoms with Crippen LogP contribution < -0.4 is 0 Å². The van der Waals surface area contributed by atoms with Gasteiger partial charge in [0.1, 0.15) is 0 Å². The van der Waals surface area contributed by atoms with Crippen LogP contribution in [-0.4, -0.2) is 85.6 Å². The van der Waals surface area contributed by atoms with Gasteiger partial charge in [-0.25, -0.2) is 0 Å². The number of piperidine rings is 2. The molecule has 3 aliphatic rings. The monoisotopic (exact) mass is 427 g/mol. The molecule has 3 aliphatic heterocycles. The molecular formula is C26H41N3O2. The smallest absolute Gasteiger partial charge is 0.159 e. The Morgan fingerprint density at radius 3 is 2.55 bits per heavy atom. The van der Waals surface area contributed by atoms with Crippen molar-refractivity contribution in [1.82, 2.24) is 14.7 Å². The highest BCUT2D eigenvalue weighted by Crippen LogP contribution is 2.26. The van der Waals surface area contributed by atoms with Crippen molar-refractivity contribution in [3.63, 3.8) is 0 Å². The van der Waals surface area contributed by atoms with E-state index >= 15 is 0 Å². The van der Waals surface area contributed by atoms with Crippen LogP contribution in [0.5, 0.6) is 0 Å². The number of hydrogen-bond donors (Lipinski definition) is 0. The van der Waals surface area contributed by atoms with Gasteiger partial charge in [-0.2, -0.15) is 0 Å². The minimum Gasteiger partial charge on any atom is -0.381 e. The number of benzene rings is 1. The molecule has 2 unspecified atom stereocenters. The van der Waals surface area contributed by atoms with Crippen LogP contribution >= 0.6 is 0 Å². The van der Waals surface area contributed by atoms with E-state index in [9.17, 15) is 4.79 Å². The summed E-state index contributed by atoms with van der Waals surface area (Å²) in [6, 6.07) is 8.85. The molecule has 0 N–H and O–H groups in total. The van der Waals surface area contributed by atoms with Crippen molar-refractivity contribution < 1.29 is 9.53 Å². The van der Waals surface area contributed by atoms with E-state index in [1.54, 1.807) is 6.92 Å². The Labute approximate surface area is 188 Å². The first-order chi connectivity index (χ1) is 15.2. The second-order valence-corrected chi connectivity index (χ2v) is 9.91. The summed E-state index contributed by atoms with van der Waals surface area (Å²) in [5.74, 6) is 0.847. The molecule has 3 heterocycles. The molecule has 0 bridgehead atoms. The lowest BCUT2D eigenvalue weighted by Gasteiger charge is -2.46. The highest BCUT2D eigenvalue weighted by molar-refractivity contribution is 5.93. The van der Waals surface area contributed by atoms with E-state index in [0.29, 0.717) is 12.0 Å². The Kier molecular flexibility index (Phi) is 8.54. The van der Waals surface area contributed by atoms with Crippen molar-refractivity contribution in [1.29, 1.82) is 0 Å². The molecule has 3 fully saturated rings. The lowest BCUT2D eigenvalue weighted by molar-refractivity contribution is -0.00316. The molecule has 3 saturated heterocycles. The van der Waals surface area contributed by atoms with E-state index in [1.165, 1.54) is 76.8 Å². The SMILES string of the molecule is CC(=O)c1ccc(CN2CCN3CC(COCCCN4CCCCC4)CCC3C2)cc1. The zero-order valence-corrected chi connectivity index (χ0v) is 19.4. The number of carbonyl (C=O) groups excluding carboxylic acids is 1. The fraction of sp³-hybridized carbons (Fsp3) is 0.731. The average Bonchev–Trinajstić information content (AvgIpc) is 2.80. The largest absolute Gasteiger partial charge is 0.381 e. The Bertz CT molecular complexity index is 686. The number of Topliss-reactive ketones (excluding diaryl/α,β-unsaturated/α-hetero) is 1. The van der Waals surface area contributed by atoms with E-state index in [2.05, 4.69) is 26.8 Å². The van der Waals surface area contributed by atoms with Gasteiger partial charge in [0.2, 0.25) is 0 Å². The van der Waals surface area contributed by atoms with Crippen LogP contribution in [0.15, 0.2) is 24.3 Å². The minimum atomic E-state index is 0.142. The van der Waals surface area contributed by atoms with E-state index in [4.69, 9.17) is 4.74 Å². The van der Waals surface area contributed by atoms with Crippen LogP contribution in [0.3, 0.4) is 0 Å². The molecule has 0 spiro atoms. The number of ketones is 1. The van der Waals surface area contributed by atoms with Gasteiger partial charge in [-0.3, -0.25) is 14.6 Å². The first-order valence-electron chi connectivity index (χ1n) is 12.5. The summed E-state index contributed by atoms with van der Waals surface area (Å²) >= 11 is 0. The number of piperazine rings is 1. The molecule has 0 aliphatic carbocycles. The van der Waals surface area contributed by atoms with Gasteiger partial charge in [0.25, 0.3) is 0 Å². The third kappa shape index (κ3) is 6.85. The number of carbonyl (C=O) groups is 1. The van der Waals surface area contributed by atoms with Crippen LogP contribution in [0, 0.1) is 5.92 Å². The van der Waals surface area contributed by atoms with Gasteiger partial charge in [-0.1, -0.05) is 30.7 Å². The number of nitrogens with zero attached hydrogens (tertiary/aromatic N) is 3. The molecule has 0 aromatic heterocycles. The fourth-order valence-corrected chi connectivity index (χ4v) is 5.53. The van der Waals surface area contributed by atoms with E-state index < -0.39 is 0 Å². The quantitative estimate of drug-likeness (QED) is 0.444. The molecule has 0 radical (unpaired) electrons. The summed E-state index contributed by atoms with van der Waals surface area (Å²) in [6.45, 7) is 13.0. The minimum absolute atomic E-state index is 0.142. The lowest BCUT2D eigenvalue weighted by Crippen LogP contribution is -2.56.